The van der Waals surface area contributed by atoms with E-state index in [9.17, 15) is 4.79 Å². The fourth-order valence-electron chi connectivity index (χ4n) is 4.11. The van der Waals surface area contributed by atoms with E-state index in [4.69, 9.17) is 4.42 Å². The molecule has 2 aromatic rings. The third-order valence-corrected chi connectivity index (χ3v) is 5.50. The number of nitrogens with one attached hydrogen (secondary N) is 1. The molecular formula is C20H24N2O2. The van der Waals surface area contributed by atoms with Gasteiger partial charge in [0.25, 0.3) is 5.91 Å². The second-order valence-corrected chi connectivity index (χ2v) is 7.24. The standard InChI is InChI=1S/C20H24N2O2/c1-13-4-3-5-16(10-13)18-6-7-19(24-18)20(23)21-17-12-22-9-8-15(17)11-14(22)2/h3-7,10,14-15,17H,8-9,11-12H2,1-2H3,(H,21,23)/t14?,15?,17-/m0/s1. The molecule has 3 unspecified atom stereocenters. The number of nitrogens with zero attached hydrogens (tertiary/aromatic N) is 1. The lowest BCUT2D eigenvalue weighted by molar-refractivity contribution is 0.0269. The number of aryl methyl sites for hydroxylation is 1. The predicted octanol–water partition coefficient (Wildman–Crippen LogP) is 3.47. The lowest BCUT2D eigenvalue weighted by Gasteiger charge is -2.48. The number of carbonyl (C=O) groups is 1. The van der Waals surface area contributed by atoms with Gasteiger partial charge in [-0.15, -0.1) is 0 Å². The van der Waals surface area contributed by atoms with E-state index in [1.165, 1.54) is 18.4 Å². The summed E-state index contributed by atoms with van der Waals surface area (Å²) in [6, 6.07) is 12.7. The van der Waals surface area contributed by atoms with Crippen LogP contribution in [0.2, 0.25) is 0 Å². The van der Waals surface area contributed by atoms with Crippen LogP contribution in [0.25, 0.3) is 11.3 Å². The highest BCUT2D eigenvalue weighted by Crippen LogP contribution is 2.32. The van der Waals surface area contributed by atoms with Crippen molar-refractivity contribution in [3.05, 3.63) is 47.7 Å². The van der Waals surface area contributed by atoms with E-state index >= 15 is 0 Å². The molecule has 3 saturated heterocycles. The van der Waals surface area contributed by atoms with Gasteiger partial charge in [-0.2, -0.15) is 0 Å². The van der Waals surface area contributed by atoms with E-state index < -0.39 is 0 Å². The lowest BCUT2D eigenvalue weighted by atomic mass is 9.80. The highest BCUT2D eigenvalue weighted by molar-refractivity contribution is 5.92. The first-order valence-corrected chi connectivity index (χ1v) is 8.82. The van der Waals surface area contributed by atoms with E-state index in [2.05, 4.69) is 36.2 Å². The number of amides is 1. The van der Waals surface area contributed by atoms with Gasteiger partial charge in [0.05, 0.1) is 0 Å². The molecular weight excluding hydrogens is 300 g/mol. The summed E-state index contributed by atoms with van der Waals surface area (Å²) in [5.74, 6) is 1.64. The Morgan fingerprint density at radius 1 is 1.29 bits per heavy atom. The summed E-state index contributed by atoms with van der Waals surface area (Å²) in [7, 11) is 0. The summed E-state index contributed by atoms with van der Waals surface area (Å²) in [6.45, 7) is 6.46. The van der Waals surface area contributed by atoms with Gasteiger partial charge in [0, 0.05) is 24.2 Å². The first-order chi connectivity index (χ1) is 11.6. The Labute approximate surface area is 142 Å². The Morgan fingerprint density at radius 2 is 2.17 bits per heavy atom. The molecule has 4 heteroatoms. The van der Waals surface area contributed by atoms with Crippen molar-refractivity contribution in [1.82, 2.24) is 10.2 Å². The maximum absolute atomic E-state index is 12.6. The average molecular weight is 324 g/mol. The van der Waals surface area contributed by atoms with Crippen LogP contribution in [0.15, 0.2) is 40.8 Å². The van der Waals surface area contributed by atoms with Gasteiger partial charge < -0.3 is 9.73 Å². The highest BCUT2D eigenvalue weighted by atomic mass is 16.3. The Bertz CT molecular complexity index is 752. The fraction of sp³-hybridized carbons (Fsp3) is 0.450. The second-order valence-electron chi connectivity index (χ2n) is 7.24. The molecule has 0 radical (unpaired) electrons. The SMILES string of the molecule is Cc1cccc(-c2ccc(C(=O)N[C@H]3CN4CCC3CC4C)o2)c1. The van der Waals surface area contributed by atoms with E-state index in [1.54, 1.807) is 6.07 Å². The van der Waals surface area contributed by atoms with Crippen molar-refractivity contribution in [2.75, 3.05) is 13.1 Å². The van der Waals surface area contributed by atoms with Gasteiger partial charge in [-0.1, -0.05) is 23.8 Å². The molecule has 0 aliphatic carbocycles. The van der Waals surface area contributed by atoms with Crippen molar-refractivity contribution in [2.45, 2.75) is 38.8 Å². The fourth-order valence-corrected chi connectivity index (χ4v) is 4.11. The van der Waals surface area contributed by atoms with Crippen LogP contribution in [0.4, 0.5) is 0 Å². The molecule has 2 bridgehead atoms. The normalized spacial score (nSPS) is 28.8. The molecule has 4 atom stereocenters. The van der Waals surface area contributed by atoms with Gasteiger partial charge in [0.2, 0.25) is 0 Å². The molecule has 126 valence electrons. The van der Waals surface area contributed by atoms with Gasteiger partial charge in [-0.3, -0.25) is 9.69 Å². The van der Waals surface area contributed by atoms with Crippen LogP contribution in [0.5, 0.6) is 0 Å². The largest absolute Gasteiger partial charge is 0.451 e. The van der Waals surface area contributed by atoms with Gasteiger partial charge >= 0.3 is 0 Å². The summed E-state index contributed by atoms with van der Waals surface area (Å²) in [6.07, 6.45) is 2.36. The molecule has 1 N–H and O–H groups in total. The van der Waals surface area contributed by atoms with Crippen LogP contribution in [-0.4, -0.2) is 36.0 Å². The van der Waals surface area contributed by atoms with Gasteiger partial charge in [0.15, 0.2) is 5.76 Å². The Kier molecular flexibility index (Phi) is 3.93. The zero-order valence-corrected chi connectivity index (χ0v) is 14.3. The number of furan rings is 1. The smallest absolute Gasteiger partial charge is 0.287 e. The first kappa shape index (κ1) is 15.5. The predicted molar refractivity (Wildman–Crippen MR) is 93.9 cm³/mol. The first-order valence-electron chi connectivity index (χ1n) is 8.82. The monoisotopic (exact) mass is 324 g/mol. The zero-order valence-electron chi connectivity index (χ0n) is 14.3. The Morgan fingerprint density at radius 3 is 2.88 bits per heavy atom. The number of carbonyl (C=O) groups excluding carboxylic acids is 1. The minimum Gasteiger partial charge on any atom is -0.451 e. The summed E-state index contributed by atoms with van der Waals surface area (Å²) in [4.78, 5) is 15.0. The van der Waals surface area contributed by atoms with E-state index in [-0.39, 0.29) is 11.9 Å². The maximum Gasteiger partial charge on any atom is 0.287 e. The number of benzene rings is 1. The van der Waals surface area contributed by atoms with Crippen molar-refractivity contribution >= 4 is 5.91 Å². The van der Waals surface area contributed by atoms with Crippen LogP contribution >= 0.6 is 0 Å². The molecule has 4 nitrogen and oxygen atoms in total. The van der Waals surface area contributed by atoms with Gasteiger partial charge in [-0.25, -0.2) is 0 Å². The van der Waals surface area contributed by atoms with Crippen molar-refractivity contribution in [2.24, 2.45) is 5.92 Å². The van der Waals surface area contributed by atoms with Crippen molar-refractivity contribution in [3.63, 3.8) is 0 Å². The minimum atomic E-state index is -0.0969. The molecule has 3 aliphatic heterocycles. The van der Waals surface area contributed by atoms with Gasteiger partial charge in [-0.05, 0) is 57.4 Å². The van der Waals surface area contributed by atoms with Crippen molar-refractivity contribution in [3.8, 4) is 11.3 Å². The highest BCUT2D eigenvalue weighted by Gasteiger charge is 2.39. The molecule has 0 saturated carbocycles. The maximum atomic E-state index is 12.6. The topological polar surface area (TPSA) is 45.5 Å². The average Bonchev–Trinajstić information content (AvgIpc) is 3.06. The summed E-state index contributed by atoms with van der Waals surface area (Å²) < 4.78 is 5.80. The van der Waals surface area contributed by atoms with Crippen LogP contribution in [0.1, 0.15) is 35.9 Å². The number of rotatable bonds is 3. The van der Waals surface area contributed by atoms with Crippen LogP contribution in [0.3, 0.4) is 0 Å². The van der Waals surface area contributed by atoms with E-state index in [0.29, 0.717) is 17.7 Å². The summed E-state index contributed by atoms with van der Waals surface area (Å²) in [5.41, 5.74) is 2.18. The van der Waals surface area contributed by atoms with Crippen LogP contribution in [-0.2, 0) is 0 Å². The van der Waals surface area contributed by atoms with Crippen LogP contribution < -0.4 is 5.32 Å². The molecule has 0 spiro atoms. The minimum absolute atomic E-state index is 0.0969. The van der Waals surface area contributed by atoms with Gasteiger partial charge in [0.1, 0.15) is 5.76 Å². The number of fused-ring (bicyclic) bond motifs is 3. The van der Waals surface area contributed by atoms with Crippen LogP contribution in [0, 0.1) is 12.8 Å². The quantitative estimate of drug-likeness (QED) is 0.940. The molecule has 3 fully saturated rings. The zero-order chi connectivity index (χ0) is 16.7. The number of hydrogen-bond donors (Lipinski definition) is 1. The molecule has 4 heterocycles. The molecule has 1 aromatic heterocycles. The lowest BCUT2D eigenvalue weighted by Crippen LogP contribution is -2.60. The Balaban J connectivity index is 1.46. The second kappa shape index (κ2) is 6.10. The van der Waals surface area contributed by atoms with E-state index in [1.807, 2.05) is 18.2 Å². The van der Waals surface area contributed by atoms with E-state index in [0.717, 1.165) is 24.4 Å². The Hall–Kier alpha value is -2.07. The van der Waals surface area contributed by atoms with Crippen molar-refractivity contribution in [1.29, 1.82) is 0 Å². The van der Waals surface area contributed by atoms with Crippen molar-refractivity contribution < 1.29 is 9.21 Å². The molecule has 1 aromatic carbocycles. The molecule has 5 rings (SSSR count). The number of hydrogen-bond acceptors (Lipinski definition) is 3. The summed E-state index contributed by atoms with van der Waals surface area (Å²) >= 11 is 0. The molecule has 1 amide bonds. The number of piperidine rings is 3. The molecule has 3 aliphatic rings. The third kappa shape index (κ3) is 2.86. The summed E-state index contributed by atoms with van der Waals surface area (Å²) in [5, 5.41) is 3.19. The third-order valence-electron chi connectivity index (χ3n) is 5.50. The molecule has 24 heavy (non-hydrogen) atoms.